The molecule has 5 heteroatoms. The van der Waals surface area contributed by atoms with Crippen molar-refractivity contribution in [1.82, 2.24) is 10.5 Å². The van der Waals surface area contributed by atoms with Crippen LogP contribution >= 0.6 is 0 Å². The van der Waals surface area contributed by atoms with E-state index in [0.717, 1.165) is 31.6 Å². The fraction of sp³-hybridized carbons (Fsp3) is 0.444. The summed E-state index contributed by atoms with van der Waals surface area (Å²) in [5, 5.41) is 6.86. The molecule has 0 bridgehead atoms. The van der Waals surface area contributed by atoms with Gasteiger partial charge in [-0.05, 0) is 37.8 Å². The predicted octanol–water partition coefficient (Wildman–Crippen LogP) is 2.73. The van der Waals surface area contributed by atoms with Crippen molar-refractivity contribution in [3.63, 3.8) is 0 Å². The Morgan fingerprint density at radius 3 is 3.09 bits per heavy atom. The van der Waals surface area contributed by atoms with Crippen LogP contribution in [0.1, 0.15) is 47.5 Å². The lowest BCUT2D eigenvalue weighted by atomic mass is 10.2. The molecule has 1 saturated carbocycles. The molecule has 1 aliphatic heterocycles. The van der Waals surface area contributed by atoms with Crippen LogP contribution in [0.2, 0.25) is 0 Å². The molecule has 0 unspecified atom stereocenters. The summed E-state index contributed by atoms with van der Waals surface area (Å²) in [4.78, 5) is 14.6. The van der Waals surface area contributed by atoms with Crippen molar-refractivity contribution in [1.29, 1.82) is 0 Å². The molecule has 1 fully saturated rings. The molecule has 0 radical (unpaired) electrons. The molecule has 2 heterocycles. The molecule has 2 aliphatic rings. The molecule has 2 aromatic rings. The van der Waals surface area contributed by atoms with Crippen LogP contribution in [-0.4, -0.2) is 30.2 Å². The van der Waals surface area contributed by atoms with Gasteiger partial charge in [-0.15, -0.1) is 0 Å². The summed E-state index contributed by atoms with van der Waals surface area (Å²) in [5.74, 6) is 1.17. The highest BCUT2D eigenvalue weighted by Crippen LogP contribution is 2.40. The van der Waals surface area contributed by atoms with Crippen molar-refractivity contribution in [3.8, 4) is 0 Å². The van der Waals surface area contributed by atoms with Gasteiger partial charge in [0, 0.05) is 36.8 Å². The summed E-state index contributed by atoms with van der Waals surface area (Å²) >= 11 is 0. The van der Waals surface area contributed by atoms with Crippen LogP contribution in [-0.2, 0) is 6.42 Å². The zero-order valence-corrected chi connectivity index (χ0v) is 13.3. The second-order valence-electron chi connectivity index (χ2n) is 6.52. The Balaban J connectivity index is 1.36. The second-order valence-corrected chi connectivity index (χ2v) is 6.52. The second kappa shape index (κ2) is 5.72. The number of hydrogen-bond acceptors (Lipinski definition) is 4. The van der Waals surface area contributed by atoms with Crippen molar-refractivity contribution < 1.29 is 9.32 Å². The summed E-state index contributed by atoms with van der Waals surface area (Å²) in [6.45, 7) is 3.74. The maximum Gasteiger partial charge on any atom is 0.273 e. The minimum absolute atomic E-state index is 0.153. The van der Waals surface area contributed by atoms with E-state index < -0.39 is 0 Å². The number of hydrogen-bond donors (Lipinski definition) is 1. The first-order valence-corrected chi connectivity index (χ1v) is 8.32. The summed E-state index contributed by atoms with van der Waals surface area (Å²) in [6, 6.07) is 10.5. The normalized spacial score (nSPS) is 17.9. The van der Waals surface area contributed by atoms with Gasteiger partial charge in [-0.3, -0.25) is 4.79 Å². The third-order valence-electron chi connectivity index (χ3n) is 4.75. The Morgan fingerprint density at radius 1 is 1.43 bits per heavy atom. The number of nitrogens with one attached hydrogen (secondary N) is 1. The highest BCUT2D eigenvalue weighted by molar-refractivity contribution is 5.92. The number of anilines is 1. The molecular weight excluding hydrogens is 290 g/mol. The van der Waals surface area contributed by atoms with Crippen LogP contribution < -0.4 is 10.2 Å². The molecule has 5 nitrogen and oxygen atoms in total. The predicted molar refractivity (Wildman–Crippen MR) is 87.8 cm³/mol. The fourth-order valence-corrected chi connectivity index (χ4v) is 3.22. The number of amides is 1. The van der Waals surface area contributed by atoms with E-state index in [9.17, 15) is 4.79 Å². The zero-order chi connectivity index (χ0) is 15.8. The van der Waals surface area contributed by atoms with E-state index >= 15 is 0 Å². The van der Waals surface area contributed by atoms with Crippen LogP contribution in [0.25, 0.3) is 0 Å². The first-order valence-electron chi connectivity index (χ1n) is 8.32. The number of fused-ring (bicyclic) bond motifs is 1. The molecule has 0 spiro atoms. The lowest BCUT2D eigenvalue weighted by molar-refractivity contribution is 0.0942. The molecule has 1 aliphatic carbocycles. The summed E-state index contributed by atoms with van der Waals surface area (Å²) in [5.41, 5.74) is 3.06. The van der Waals surface area contributed by atoms with Crippen molar-refractivity contribution >= 4 is 11.6 Å². The summed E-state index contributed by atoms with van der Waals surface area (Å²) in [7, 11) is 0. The van der Waals surface area contributed by atoms with Gasteiger partial charge in [-0.2, -0.15) is 0 Å². The van der Waals surface area contributed by atoms with E-state index in [1.54, 1.807) is 6.07 Å². The molecule has 23 heavy (non-hydrogen) atoms. The molecule has 1 amide bonds. The van der Waals surface area contributed by atoms with Gasteiger partial charge in [0.25, 0.3) is 5.91 Å². The molecule has 0 saturated heterocycles. The Hall–Kier alpha value is -2.30. The van der Waals surface area contributed by atoms with Crippen LogP contribution in [0.3, 0.4) is 0 Å². The number of carbonyl (C=O) groups is 1. The standard InChI is InChI=1S/C18H21N3O2/c1-12(21-9-8-13-4-2-3-5-16(13)21)11-19-18(22)15-10-17(23-20-15)14-6-7-14/h2-5,10,12,14H,6-9,11H2,1H3,(H,19,22)/t12-/m0/s1. The molecule has 120 valence electrons. The molecular formula is C18H21N3O2. The van der Waals surface area contributed by atoms with Crippen LogP contribution in [0, 0.1) is 0 Å². The van der Waals surface area contributed by atoms with Crippen LogP contribution in [0.5, 0.6) is 0 Å². The Morgan fingerprint density at radius 2 is 2.26 bits per heavy atom. The van der Waals surface area contributed by atoms with E-state index in [2.05, 4.69) is 46.6 Å². The van der Waals surface area contributed by atoms with E-state index in [0.29, 0.717) is 18.2 Å². The Labute approximate surface area is 135 Å². The molecule has 1 aromatic carbocycles. The van der Waals surface area contributed by atoms with Crippen molar-refractivity contribution in [2.24, 2.45) is 0 Å². The SMILES string of the molecule is C[C@@H](CNC(=O)c1cc(C2CC2)on1)N1CCc2ccccc21. The van der Waals surface area contributed by atoms with Crippen LogP contribution in [0.4, 0.5) is 5.69 Å². The van der Waals surface area contributed by atoms with Gasteiger partial charge in [0.05, 0.1) is 0 Å². The van der Waals surface area contributed by atoms with Crippen molar-refractivity contribution in [2.45, 2.75) is 38.1 Å². The number of aromatic nitrogens is 1. The van der Waals surface area contributed by atoms with E-state index in [1.165, 1.54) is 11.3 Å². The minimum atomic E-state index is -0.153. The summed E-state index contributed by atoms with van der Waals surface area (Å²) in [6.07, 6.45) is 3.35. The Kier molecular flexibility index (Phi) is 3.56. The van der Waals surface area contributed by atoms with Gasteiger partial charge in [-0.25, -0.2) is 0 Å². The number of benzene rings is 1. The maximum atomic E-state index is 12.2. The first kappa shape index (κ1) is 14.3. The van der Waals surface area contributed by atoms with Crippen LogP contribution in [0.15, 0.2) is 34.9 Å². The van der Waals surface area contributed by atoms with E-state index in [4.69, 9.17) is 4.52 Å². The van der Waals surface area contributed by atoms with Crippen molar-refractivity contribution in [3.05, 3.63) is 47.3 Å². The monoisotopic (exact) mass is 311 g/mol. The third-order valence-corrected chi connectivity index (χ3v) is 4.75. The van der Waals surface area contributed by atoms with Crippen molar-refractivity contribution in [2.75, 3.05) is 18.0 Å². The molecule has 1 aromatic heterocycles. The molecule has 1 atom stereocenters. The number of rotatable bonds is 5. The van der Waals surface area contributed by atoms with Gasteiger partial charge in [0.1, 0.15) is 5.76 Å². The quantitative estimate of drug-likeness (QED) is 0.922. The van der Waals surface area contributed by atoms with Gasteiger partial charge in [0.2, 0.25) is 0 Å². The van der Waals surface area contributed by atoms with E-state index in [-0.39, 0.29) is 11.9 Å². The topological polar surface area (TPSA) is 58.4 Å². The number of carbonyl (C=O) groups excluding carboxylic acids is 1. The molecule has 4 rings (SSSR count). The minimum Gasteiger partial charge on any atom is -0.366 e. The lowest BCUT2D eigenvalue weighted by Crippen LogP contribution is -2.41. The Bertz CT molecular complexity index is 721. The number of nitrogens with zero attached hydrogens (tertiary/aromatic N) is 2. The maximum absolute atomic E-state index is 12.2. The average molecular weight is 311 g/mol. The first-order chi connectivity index (χ1) is 11.2. The van der Waals surface area contributed by atoms with Gasteiger partial charge >= 0.3 is 0 Å². The smallest absolute Gasteiger partial charge is 0.273 e. The van der Waals surface area contributed by atoms with Gasteiger partial charge < -0.3 is 14.7 Å². The molecule has 1 N–H and O–H groups in total. The fourth-order valence-electron chi connectivity index (χ4n) is 3.22. The average Bonchev–Trinajstić information content (AvgIpc) is 3.14. The van der Waals surface area contributed by atoms with Gasteiger partial charge in [0.15, 0.2) is 5.69 Å². The van der Waals surface area contributed by atoms with Gasteiger partial charge in [-0.1, -0.05) is 23.4 Å². The zero-order valence-electron chi connectivity index (χ0n) is 13.3. The highest BCUT2D eigenvalue weighted by Gasteiger charge is 2.29. The number of para-hydroxylation sites is 1. The largest absolute Gasteiger partial charge is 0.366 e. The summed E-state index contributed by atoms with van der Waals surface area (Å²) < 4.78 is 5.24. The highest BCUT2D eigenvalue weighted by atomic mass is 16.5. The lowest BCUT2D eigenvalue weighted by Gasteiger charge is -2.27. The third kappa shape index (κ3) is 2.83. The van der Waals surface area contributed by atoms with E-state index in [1.807, 2.05) is 0 Å².